The monoisotopic (exact) mass is 383 g/mol. The van der Waals surface area contributed by atoms with Crippen LogP contribution in [0.5, 0.6) is 11.5 Å². The molecule has 2 aromatic rings. The molecule has 0 heterocycles. The number of amides is 1. The van der Waals surface area contributed by atoms with E-state index in [1.54, 1.807) is 37.3 Å². The van der Waals surface area contributed by atoms with Gasteiger partial charge in [0.15, 0.2) is 6.10 Å². The van der Waals surface area contributed by atoms with Crippen molar-refractivity contribution in [1.82, 2.24) is 0 Å². The van der Waals surface area contributed by atoms with Crippen molar-refractivity contribution in [2.24, 2.45) is 0 Å². The Balaban J connectivity index is 2.05. The van der Waals surface area contributed by atoms with Crippen molar-refractivity contribution in [3.63, 3.8) is 0 Å². The van der Waals surface area contributed by atoms with Gasteiger partial charge in [0.1, 0.15) is 11.5 Å². The van der Waals surface area contributed by atoms with Crippen LogP contribution < -0.4 is 14.8 Å². The summed E-state index contributed by atoms with van der Waals surface area (Å²) < 4.78 is 11.7. The van der Waals surface area contributed by atoms with Crippen LogP contribution in [0.1, 0.15) is 6.92 Å². The molecule has 22 heavy (non-hydrogen) atoms. The van der Waals surface area contributed by atoms with E-state index in [0.29, 0.717) is 22.2 Å². The Kier molecular flexibility index (Phi) is 5.69. The van der Waals surface area contributed by atoms with E-state index >= 15 is 0 Å². The fourth-order valence-electron chi connectivity index (χ4n) is 1.78. The fraction of sp³-hybridized carbons (Fsp3) is 0.188. The molecule has 1 atom stereocenters. The number of carbonyl (C=O) groups is 1. The van der Waals surface area contributed by atoms with Crippen molar-refractivity contribution in [2.45, 2.75) is 13.0 Å². The molecule has 0 radical (unpaired) electrons. The summed E-state index contributed by atoms with van der Waals surface area (Å²) in [5.41, 5.74) is 0.506. The molecule has 0 unspecified atom stereocenters. The SMILES string of the molecule is COc1ccc(Cl)cc1NC(=O)[C@@H](C)Oc1ccc(Br)cc1. The average Bonchev–Trinajstić information content (AvgIpc) is 2.49. The molecule has 2 rings (SSSR count). The Morgan fingerprint density at radius 2 is 1.91 bits per heavy atom. The van der Waals surface area contributed by atoms with Gasteiger partial charge in [0, 0.05) is 9.50 Å². The molecule has 2 aromatic carbocycles. The summed E-state index contributed by atoms with van der Waals surface area (Å²) in [6.45, 7) is 1.68. The lowest BCUT2D eigenvalue weighted by atomic mass is 10.2. The van der Waals surface area contributed by atoms with Gasteiger partial charge in [0.05, 0.1) is 12.8 Å². The van der Waals surface area contributed by atoms with E-state index in [1.165, 1.54) is 7.11 Å². The maximum atomic E-state index is 12.2. The fourth-order valence-corrected chi connectivity index (χ4v) is 2.22. The first-order valence-corrected chi connectivity index (χ1v) is 7.73. The Labute approximate surface area is 142 Å². The van der Waals surface area contributed by atoms with Crippen LogP contribution in [0.25, 0.3) is 0 Å². The van der Waals surface area contributed by atoms with Crippen molar-refractivity contribution in [2.75, 3.05) is 12.4 Å². The van der Waals surface area contributed by atoms with Gasteiger partial charge >= 0.3 is 0 Å². The van der Waals surface area contributed by atoms with E-state index in [2.05, 4.69) is 21.2 Å². The highest BCUT2D eigenvalue weighted by Gasteiger charge is 2.17. The zero-order valence-electron chi connectivity index (χ0n) is 12.1. The Morgan fingerprint density at radius 1 is 1.23 bits per heavy atom. The van der Waals surface area contributed by atoms with Crippen LogP contribution in [0.3, 0.4) is 0 Å². The van der Waals surface area contributed by atoms with Crippen molar-refractivity contribution in [3.8, 4) is 11.5 Å². The molecule has 1 amide bonds. The van der Waals surface area contributed by atoms with Gasteiger partial charge in [-0.3, -0.25) is 4.79 Å². The molecule has 0 saturated carbocycles. The quantitative estimate of drug-likeness (QED) is 0.824. The number of carbonyl (C=O) groups excluding carboxylic acids is 1. The Morgan fingerprint density at radius 3 is 2.55 bits per heavy atom. The predicted octanol–water partition coefficient (Wildman–Crippen LogP) is 4.52. The number of hydrogen-bond acceptors (Lipinski definition) is 3. The summed E-state index contributed by atoms with van der Waals surface area (Å²) in [4.78, 5) is 12.2. The Bertz CT molecular complexity index is 661. The zero-order valence-corrected chi connectivity index (χ0v) is 14.4. The van der Waals surface area contributed by atoms with Crippen LogP contribution in [-0.4, -0.2) is 19.1 Å². The third-order valence-corrected chi connectivity index (χ3v) is 3.68. The number of anilines is 1. The second-order valence-electron chi connectivity index (χ2n) is 4.55. The molecule has 0 aliphatic carbocycles. The van der Waals surface area contributed by atoms with E-state index < -0.39 is 6.10 Å². The Hall–Kier alpha value is -1.72. The van der Waals surface area contributed by atoms with E-state index in [9.17, 15) is 4.79 Å². The molecular weight excluding hydrogens is 370 g/mol. The van der Waals surface area contributed by atoms with Gasteiger partial charge in [-0.05, 0) is 49.4 Å². The summed E-state index contributed by atoms with van der Waals surface area (Å²) in [5, 5.41) is 3.26. The maximum Gasteiger partial charge on any atom is 0.265 e. The first-order valence-electron chi connectivity index (χ1n) is 6.56. The largest absolute Gasteiger partial charge is 0.495 e. The zero-order chi connectivity index (χ0) is 16.1. The second-order valence-corrected chi connectivity index (χ2v) is 5.90. The molecule has 0 saturated heterocycles. The van der Waals surface area contributed by atoms with Crippen LogP contribution in [-0.2, 0) is 4.79 Å². The molecule has 6 heteroatoms. The highest BCUT2D eigenvalue weighted by molar-refractivity contribution is 9.10. The third kappa shape index (κ3) is 4.39. The van der Waals surface area contributed by atoms with E-state index in [-0.39, 0.29) is 5.91 Å². The number of halogens is 2. The number of methoxy groups -OCH3 is 1. The van der Waals surface area contributed by atoms with Gasteiger partial charge in [-0.25, -0.2) is 0 Å². The number of rotatable bonds is 5. The highest BCUT2D eigenvalue weighted by Crippen LogP contribution is 2.28. The summed E-state index contributed by atoms with van der Waals surface area (Å²) in [6.07, 6.45) is -0.662. The summed E-state index contributed by atoms with van der Waals surface area (Å²) in [5.74, 6) is 0.862. The van der Waals surface area contributed by atoms with Crippen molar-refractivity contribution in [1.29, 1.82) is 0 Å². The van der Waals surface area contributed by atoms with Crippen molar-refractivity contribution < 1.29 is 14.3 Å². The van der Waals surface area contributed by atoms with Gasteiger partial charge in [-0.2, -0.15) is 0 Å². The first kappa shape index (κ1) is 16.6. The lowest BCUT2D eigenvalue weighted by molar-refractivity contribution is -0.122. The topological polar surface area (TPSA) is 47.6 Å². The van der Waals surface area contributed by atoms with Crippen LogP contribution in [0.2, 0.25) is 5.02 Å². The molecule has 116 valence electrons. The standard InChI is InChI=1S/C16H15BrClNO3/c1-10(22-13-6-3-11(17)4-7-13)16(20)19-14-9-12(18)5-8-15(14)21-2/h3-10H,1-2H3,(H,19,20)/t10-/m1/s1. The molecule has 0 fully saturated rings. The normalized spacial score (nSPS) is 11.6. The molecule has 0 aliphatic heterocycles. The minimum atomic E-state index is -0.662. The average molecular weight is 385 g/mol. The summed E-state index contributed by atoms with van der Waals surface area (Å²) in [6, 6.07) is 12.3. The minimum Gasteiger partial charge on any atom is -0.495 e. The maximum absolute atomic E-state index is 12.2. The van der Waals surface area contributed by atoms with E-state index in [4.69, 9.17) is 21.1 Å². The van der Waals surface area contributed by atoms with Gasteiger partial charge in [0.25, 0.3) is 5.91 Å². The van der Waals surface area contributed by atoms with Gasteiger partial charge in [0.2, 0.25) is 0 Å². The first-order chi connectivity index (χ1) is 10.5. The van der Waals surface area contributed by atoms with Gasteiger partial charge in [-0.15, -0.1) is 0 Å². The molecule has 0 bridgehead atoms. The van der Waals surface area contributed by atoms with Gasteiger partial charge < -0.3 is 14.8 Å². The second kappa shape index (κ2) is 7.51. The number of hydrogen-bond donors (Lipinski definition) is 1. The van der Waals surface area contributed by atoms with Crippen LogP contribution in [0.4, 0.5) is 5.69 Å². The number of benzene rings is 2. The van der Waals surface area contributed by atoms with E-state index in [1.807, 2.05) is 12.1 Å². The van der Waals surface area contributed by atoms with Crippen LogP contribution in [0.15, 0.2) is 46.9 Å². The molecule has 0 aromatic heterocycles. The highest BCUT2D eigenvalue weighted by atomic mass is 79.9. The third-order valence-electron chi connectivity index (χ3n) is 2.92. The predicted molar refractivity (Wildman–Crippen MR) is 90.9 cm³/mol. The molecule has 4 nitrogen and oxygen atoms in total. The van der Waals surface area contributed by atoms with Crippen molar-refractivity contribution in [3.05, 3.63) is 52.0 Å². The summed E-state index contributed by atoms with van der Waals surface area (Å²) in [7, 11) is 1.53. The van der Waals surface area contributed by atoms with Crippen molar-refractivity contribution >= 4 is 39.1 Å². The smallest absolute Gasteiger partial charge is 0.265 e. The van der Waals surface area contributed by atoms with E-state index in [0.717, 1.165) is 4.47 Å². The molecular formula is C16H15BrClNO3. The minimum absolute atomic E-state index is 0.288. The van der Waals surface area contributed by atoms with Crippen LogP contribution in [0, 0.1) is 0 Å². The molecule has 1 N–H and O–H groups in total. The lowest BCUT2D eigenvalue weighted by Crippen LogP contribution is -2.30. The lowest BCUT2D eigenvalue weighted by Gasteiger charge is -2.16. The number of nitrogens with one attached hydrogen (secondary N) is 1. The number of ether oxygens (including phenoxy) is 2. The van der Waals surface area contributed by atoms with Gasteiger partial charge in [-0.1, -0.05) is 27.5 Å². The molecule has 0 aliphatic rings. The van der Waals surface area contributed by atoms with Crippen LogP contribution >= 0.6 is 27.5 Å². The summed E-state index contributed by atoms with van der Waals surface area (Å²) >= 11 is 9.29. The molecule has 0 spiro atoms.